The first-order valence-corrected chi connectivity index (χ1v) is 9.04. The Labute approximate surface area is 145 Å². The van der Waals surface area contributed by atoms with Crippen LogP contribution in [0.1, 0.15) is 12.0 Å². The van der Waals surface area contributed by atoms with E-state index in [0.717, 1.165) is 29.2 Å². The number of carbonyl (C=O) groups excluding carboxylic acids is 1. The van der Waals surface area contributed by atoms with Gasteiger partial charge < -0.3 is 24.6 Å². The lowest BCUT2D eigenvalue weighted by atomic mass is 10.0. The van der Waals surface area contributed by atoms with Gasteiger partial charge in [0.15, 0.2) is 11.5 Å². The largest absolute Gasteiger partial charge is 0.454 e. The van der Waals surface area contributed by atoms with Crippen molar-refractivity contribution in [1.82, 2.24) is 5.32 Å². The molecule has 2 N–H and O–H groups in total. The number of amides is 1. The van der Waals surface area contributed by atoms with Crippen LogP contribution in [0.4, 0.5) is 0 Å². The van der Waals surface area contributed by atoms with Crippen molar-refractivity contribution in [2.75, 3.05) is 38.1 Å². The summed E-state index contributed by atoms with van der Waals surface area (Å²) in [5.74, 6) is 3.08. The number of fused-ring (bicyclic) bond motifs is 1. The van der Waals surface area contributed by atoms with Crippen LogP contribution in [0.3, 0.4) is 0 Å². The number of hydrogen-bond acceptors (Lipinski definition) is 6. The molecule has 1 aromatic carbocycles. The van der Waals surface area contributed by atoms with Gasteiger partial charge in [-0.05, 0) is 35.9 Å². The Morgan fingerprint density at radius 3 is 3.08 bits per heavy atom. The van der Waals surface area contributed by atoms with Crippen molar-refractivity contribution in [3.63, 3.8) is 0 Å². The molecule has 3 rings (SSSR count). The molecule has 0 saturated carbocycles. The Morgan fingerprint density at radius 2 is 2.29 bits per heavy atom. The van der Waals surface area contributed by atoms with Gasteiger partial charge in [-0.3, -0.25) is 4.79 Å². The van der Waals surface area contributed by atoms with Gasteiger partial charge in [-0.1, -0.05) is 6.07 Å². The van der Waals surface area contributed by atoms with Crippen molar-refractivity contribution in [2.45, 2.75) is 12.0 Å². The van der Waals surface area contributed by atoms with Gasteiger partial charge >= 0.3 is 0 Å². The molecule has 24 heavy (non-hydrogen) atoms. The number of ether oxygens (including phenoxy) is 3. The maximum absolute atomic E-state index is 12.1. The topological polar surface area (TPSA) is 77.0 Å². The van der Waals surface area contributed by atoms with E-state index < -0.39 is 0 Å². The number of aliphatic hydroxyl groups is 1. The molecule has 0 aromatic heterocycles. The maximum Gasteiger partial charge on any atom is 0.244 e. The van der Waals surface area contributed by atoms with Crippen LogP contribution >= 0.6 is 11.8 Å². The lowest BCUT2D eigenvalue weighted by molar-refractivity contribution is -0.118. The number of thioether (sulfide) groups is 1. The number of benzene rings is 1. The van der Waals surface area contributed by atoms with Crippen LogP contribution < -0.4 is 14.8 Å². The molecule has 6 nitrogen and oxygen atoms in total. The molecule has 1 saturated heterocycles. The second kappa shape index (κ2) is 7.92. The van der Waals surface area contributed by atoms with E-state index in [-0.39, 0.29) is 24.9 Å². The summed E-state index contributed by atoms with van der Waals surface area (Å²) in [6.45, 7) is 0.967. The van der Waals surface area contributed by atoms with E-state index in [4.69, 9.17) is 19.3 Å². The zero-order chi connectivity index (χ0) is 16.8. The Morgan fingerprint density at radius 1 is 1.42 bits per heavy atom. The molecule has 130 valence electrons. The fourth-order valence-corrected chi connectivity index (χ4v) is 4.01. The second-order valence-electron chi connectivity index (χ2n) is 5.72. The summed E-state index contributed by atoms with van der Waals surface area (Å²) >= 11 is 1.80. The van der Waals surface area contributed by atoms with Crippen molar-refractivity contribution in [1.29, 1.82) is 0 Å². The van der Waals surface area contributed by atoms with Gasteiger partial charge in [0, 0.05) is 18.4 Å². The highest BCUT2D eigenvalue weighted by molar-refractivity contribution is 7.99. The fraction of sp³-hybridized carbons (Fsp3) is 0.471. The summed E-state index contributed by atoms with van der Waals surface area (Å²) in [7, 11) is 0. The van der Waals surface area contributed by atoms with Crippen LogP contribution in [0.2, 0.25) is 0 Å². The van der Waals surface area contributed by atoms with Crippen LogP contribution in [0.5, 0.6) is 11.5 Å². The van der Waals surface area contributed by atoms with E-state index >= 15 is 0 Å². The van der Waals surface area contributed by atoms with Crippen molar-refractivity contribution in [3.8, 4) is 11.5 Å². The van der Waals surface area contributed by atoms with Gasteiger partial charge in [0.2, 0.25) is 12.7 Å². The molecular formula is C17H21NO5S. The van der Waals surface area contributed by atoms with Crippen LogP contribution in [0.25, 0.3) is 6.08 Å². The fourth-order valence-electron chi connectivity index (χ4n) is 2.65. The molecule has 1 atom stereocenters. The minimum atomic E-state index is -0.365. The van der Waals surface area contributed by atoms with E-state index in [0.29, 0.717) is 18.9 Å². The van der Waals surface area contributed by atoms with E-state index in [1.165, 1.54) is 6.08 Å². The third-order valence-electron chi connectivity index (χ3n) is 3.98. The standard InChI is InChI=1S/C17H21NO5S/c19-6-7-23-17(5-8-24-11-17)10-18-16(20)4-2-13-1-3-14-15(9-13)22-12-21-14/h1-4,9,19H,5-8,10-12H2,(H,18,20). The van der Waals surface area contributed by atoms with Gasteiger partial charge in [0.25, 0.3) is 0 Å². The predicted molar refractivity (Wildman–Crippen MR) is 92.3 cm³/mol. The molecule has 1 amide bonds. The molecule has 7 heteroatoms. The quantitative estimate of drug-likeness (QED) is 0.724. The summed E-state index contributed by atoms with van der Waals surface area (Å²) in [5, 5.41) is 11.8. The Kier molecular flexibility index (Phi) is 5.65. The number of hydrogen-bond donors (Lipinski definition) is 2. The molecule has 0 spiro atoms. The van der Waals surface area contributed by atoms with Crippen LogP contribution in [-0.4, -0.2) is 54.7 Å². The molecule has 0 aliphatic carbocycles. The molecule has 1 fully saturated rings. The van der Waals surface area contributed by atoms with E-state index in [1.807, 2.05) is 18.2 Å². The molecule has 1 aromatic rings. The molecule has 0 bridgehead atoms. The van der Waals surface area contributed by atoms with Crippen molar-refractivity contribution in [3.05, 3.63) is 29.8 Å². The summed E-state index contributed by atoms with van der Waals surface area (Å²) < 4.78 is 16.3. The summed E-state index contributed by atoms with van der Waals surface area (Å²) in [4.78, 5) is 12.1. The molecule has 1 unspecified atom stereocenters. The highest BCUT2D eigenvalue weighted by Gasteiger charge is 2.35. The first kappa shape index (κ1) is 17.1. The van der Waals surface area contributed by atoms with Gasteiger partial charge in [-0.15, -0.1) is 0 Å². The highest BCUT2D eigenvalue weighted by atomic mass is 32.2. The third-order valence-corrected chi connectivity index (χ3v) is 5.20. The van der Waals surface area contributed by atoms with Crippen molar-refractivity contribution < 1.29 is 24.1 Å². The molecule has 0 radical (unpaired) electrons. The zero-order valence-electron chi connectivity index (χ0n) is 13.3. The second-order valence-corrected chi connectivity index (χ2v) is 6.83. The summed E-state index contributed by atoms with van der Waals surface area (Å²) in [6, 6.07) is 5.54. The van der Waals surface area contributed by atoms with E-state index in [1.54, 1.807) is 17.8 Å². The number of rotatable bonds is 7. The summed E-state index contributed by atoms with van der Waals surface area (Å²) in [6.07, 6.45) is 4.12. The lowest BCUT2D eigenvalue weighted by Gasteiger charge is -2.28. The average Bonchev–Trinajstić information content (AvgIpc) is 3.25. The third kappa shape index (κ3) is 4.23. The Balaban J connectivity index is 1.53. The van der Waals surface area contributed by atoms with Gasteiger partial charge in [-0.25, -0.2) is 0 Å². The molecule has 2 aliphatic heterocycles. The average molecular weight is 351 g/mol. The zero-order valence-corrected chi connectivity index (χ0v) is 14.1. The van der Waals surface area contributed by atoms with Gasteiger partial charge in [0.1, 0.15) is 0 Å². The molecule has 2 heterocycles. The van der Waals surface area contributed by atoms with E-state index in [2.05, 4.69) is 5.32 Å². The minimum absolute atomic E-state index is 0.00954. The first-order valence-electron chi connectivity index (χ1n) is 7.89. The molecule has 2 aliphatic rings. The normalized spacial score (nSPS) is 22.2. The summed E-state index contributed by atoms with van der Waals surface area (Å²) in [5.41, 5.74) is 0.507. The smallest absolute Gasteiger partial charge is 0.244 e. The van der Waals surface area contributed by atoms with Gasteiger partial charge in [-0.2, -0.15) is 11.8 Å². The predicted octanol–water partition coefficient (Wildman–Crippen LogP) is 1.43. The number of carbonyl (C=O) groups is 1. The van der Waals surface area contributed by atoms with Crippen molar-refractivity contribution >= 4 is 23.7 Å². The monoisotopic (exact) mass is 351 g/mol. The number of nitrogens with one attached hydrogen (secondary N) is 1. The van der Waals surface area contributed by atoms with Crippen LogP contribution in [0, 0.1) is 0 Å². The first-order chi connectivity index (χ1) is 11.7. The Bertz CT molecular complexity index is 613. The maximum atomic E-state index is 12.1. The van der Waals surface area contributed by atoms with Gasteiger partial charge in [0.05, 0.1) is 18.8 Å². The highest BCUT2D eigenvalue weighted by Crippen LogP contribution is 2.33. The molecular weight excluding hydrogens is 330 g/mol. The lowest BCUT2D eigenvalue weighted by Crippen LogP contribution is -2.45. The SMILES string of the molecule is O=C(C=Cc1ccc2c(c1)OCO2)NCC1(OCCO)CCSC1. The number of aliphatic hydroxyl groups excluding tert-OH is 1. The minimum Gasteiger partial charge on any atom is -0.454 e. The van der Waals surface area contributed by atoms with Crippen molar-refractivity contribution in [2.24, 2.45) is 0 Å². The Hall–Kier alpha value is -1.70. The van der Waals surface area contributed by atoms with E-state index in [9.17, 15) is 4.79 Å². The van der Waals surface area contributed by atoms with Crippen LogP contribution in [0.15, 0.2) is 24.3 Å². The van der Waals surface area contributed by atoms with Crippen LogP contribution in [-0.2, 0) is 9.53 Å².